The predicted octanol–water partition coefficient (Wildman–Crippen LogP) is 5.55. The van der Waals surface area contributed by atoms with Gasteiger partial charge in [-0.2, -0.15) is 0 Å². The van der Waals surface area contributed by atoms with Crippen LogP contribution in [0.2, 0.25) is 5.02 Å². The topological polar surface area (TPSA) is 54.0 Å². The molecule has 3 aromatic rings. The number of fused-ring (bicyclic) bond motifs is 1. The Morgan fingerprint density at radius 2 is 1.70 bits per heavy atom. The fraction of sp³-hybridized carbons (Fsp3) is 0.125. The summed E-state index contributed by atoms with van der Waals surface area (Å²) in [5, 5.41) is 0.678. The summed E-state index contributed by atoms with van der Waals surface area (Å²) in [5.41, 5.74) is 2.26. The summed E-state index contributed by atoms with van der Waals surface area (Å²) in [6.45, 7) is 0.387. The third-order valence-corrected chi connectivity index (χ3v) is 4.92. The van der Waals surface area contributed by atoms with Crippen molar-refractivity contribution >= 4 is 23.5 Å². The van der Waals surface area contributed by atoms with Crippen molar-refractivity contribution in [2.75, 3.05) is 14.2 Å². The zero-order valence-electron chi connectivity index (χ0n) is 16.5. The molecule has 1 aliphatic rings. The molecule has 0 saturated heterocycles. The standard InChI is InChI=1S/C24H19ClO5/c1-27-20-10-5-16(11-22(20)28-2)12-23-24(26)19-9-8-18(13-21(19)30-23)29-14-15-3-6-17(25)7-4-15/h3-13H,14H2,1-2H3. The van der Waals surface area contributed by atoms with Crippen LogP contribution in [0.1, 0.15) is 21.5 Å². The monoisotopic (exact) mass is 422 g/mol. The molecule has 0 unspecified atom stereocenters. The maximum atomic E-state index is 12.7. The van der Waals surface area contributed by atoms with Gasteiger partial charge in [0.05, 0.1) is 19.8 Å². The lowest BCUT2D eigenvalue weighted by Gasteiger charge is -2.08. The van der Waals surface area contributed by atoms with Crippen LogP contribution in [-0.2, 0) is 6.61 Å². The normalized spacial score (nSPS) is 13.7. The van der Waals surface area contributed by atoms with E-state index in [2.05, 4.69) is 0 Å². The molecule has 0 atom stereocenters. The van der Waals surface area contributed by atoms with Gasteiger partial charge in [0.1, 0.15) is 18.1 Å². The Hall–Kier alpha value is -3.44. The molecule has 6 heteroatoms. The average molecular weight is 423 g/mol. The van der Waals surface area contributed by atoms with E-state index in [1.54, 1.807) is 50.6 Å². The minimum absolute atomic E-state index is 0.177. The molecule has 0 saturated carbocycles. The molecule has 152 valence electrons. The predicted molar refractivity (Wildman–Crippen MR) is 115 cm³/mol. The largest absolute Gasteiger partial charge is 0.493 e. The summed E-state index contributed by atoms with van der Waals surface area (Å²) in [6, 6.07) is 18.0. The van der Waals surface area contributed by atoms with Crippen molar-refractivity contribution in [3.63, 3.8) is 0 Å². The highest BCUT2D eigenvalue weighted by atomic mass is 35.5. The molecule has 1 heterocycles. The number of ketones is 1. The van der Waals surface area contributed by atoms with Crippen LogP contribution in [-0.4, -0.2) is 20.0 Å². The van der Waals surface area contributed by atoms with Gasteiger partial charge in [0.2, 0.25) is 5.78 Å². The first-order valence-corrected chi connectivity index (χ1v) is 9.63. The van der Waals surface area contributed by atoms with Gasteiger partial charge in [-0.25, -0.2) is 0 Å². The second-order valence-corrected chi connectivity index (χ2v) is 7.06. The third-order valence-electron chi connectivity index (χ3n) is 4.67. The SMILES string of the molecule is COc1ccc(C=C2Oc3cc(OCc4ccc(Cl)cc4)ccc3C2=O)cc1OC. The molecule has 30 heavy (non-hydrogen) atoms. The second kappa shape index (κ2) is 8.51. The number of carbonyl (C=O) groups is 1. The molecular weight excluding hydrogens is 404 g/mol. The van der Waals surface area contributed by atoms with Gasteiger partial charge in [0, 0.05) is 11.1 Å². The van der Waals surface area contributed by atoms with E-state index < -0.39 is 0 Å². The molecule has 1 aliphatic heterocycles. The number of allylic oxidation sites excluding steroid dienone is 1. The Bertz CT molecular complexity index is 1120. The number of halogens is 1. The van der Waals surface area contributed by atoms with Crippen LogP contribution in [0.4, 0.5) is 0 Å². The number of benzene rings is 3. The first kappa shape index (κ1) is 19.9. The van der Waals surface area contributed by atoms with Gasteiger partial charge < -0.3 is 18.9 Å². The molecule has 0 spiro atoms. The second-order valence-electron chi connectivity index (χ2n) is 6.63. The van der Waals surface area contributed by atoms with Crippen molar-refractivity contribution in [2.45, 2.75) is 6.61 Å². The van der Waals surface area contributed by atoms with Gasteiger partial charge in [-0.05, 0) is 53.6 Å². The lowest BCUT2D eigenvalue weighted by Crippen LogP contribution is -1.98. The third kappa shape index (κ3) is 4.11. The summed E-state index contributed by atoms with van der Waals surface area (Å²) in [4.78, 5) is 12.7. The van der Waals surface area contributed by atoms with Crippen molar-refractivity contribution < 1.29 is 23.7 Å². The highest BCUT2D eigenvalue weighted by Crippen LogP contribution is 2.36. The maximum absolute atomic E-state index is 12.7. The molecule has 0 aromatic heterocycles. The maximum Gasteiger partial charge on any atom is 0.231 e. The van der Waals surface area contributed by atoms with Gasteiger partial charge in [0.15, 0.2) is 17.3 Å². The summed E-state index contributed by atoms with van der Waals surface area (Å²) in [7, 11) is 3.14. The number of hydrogen-bond donors (Lipinski definition) is 0. The van der Waals surface area contributed by atoms with Crippen molar-refractivity contribution in [3.8, 4) is 23.0 Å². The van der Waals surface area contributed by atoms with E-state index in [1.807, 2.05) is 30.3 Å². The van der Waals surface area contributed by atoms with Crippen LogP contribution in [0.3, 0.4) is 0 Å². The molecule has 4 rings (SSSR count). The van der Waals surface area contributed by atoms with E-state index in [-0.39, 0.29) is 11.5 Å². The van der Waals surface area contributed by atoms with Gasteiger partial charge in [0.25, 0.3) is 0 Å². The van der Waals surface area contributed by atoms with Crippen LogP contribution in [0, 0.1) is 0 Å². The highest BCUT2D eigenvalue weighted by Gasteiger charge is 2.27. The molecule has 0 bridgehead atoms. The zero-order valence-corrected chi connectivity index (χ0v) is 17.2. The van der Waals surface area contributed by atoms with Gasteiger partial charge in [-0.1, -0.05) is 29.8 Å². The first-order valence-electron chi connectivity index (χ1n) is 9.25. The zero-order chi connectivity index (χ0) is 21.1. The Morgan fingerprint density at radius 1 is 0.933 bits per heavy atom. The first-order chi connectivity index (χ1) is 14.6. The summed E-state index contributed by atoms with van der Waals surface area (Å²) in [6.07, 6.45) is 1.68. The Labute approximate surface area is 179 Å². The number of carbonyl (C=O) groups excluding carboxylic acids is 1. The fourth-order valence-corrected chi connectivity index (χ4v) is 3.22. The molecule has 3 aromatic carbocycles. The van der Waals surface area contributed by atoms with Gasteiger partial charge in [-0.3, -0.25) is 4.79 Å². The molecule has 0 amide bonds. The van der Waals surface area contributed by atoms with Crippen LogP contribution >= 0.6 is 11.6 Å². The highest BCUT2D eigenvalue weighted by molar-refractivity contribution is 6.30. The number of ether oxygens (including phenoxy) is 4. The molecule has 0 fully saturated rings. The van der Waals surface area contributed by atoms with E-state index >= 15 is 0 Å². The van der Waals surface area contributed by atoms with Crippen LogP contribution in [0.5, 0.6) is 23.0 Å². The lowest BCUT2D eigenvalue weighted by atomic mass is 10.1. The molecule has 0 N–H and O–H groups in total. The molecule has 5 nitrogen and oxygen atoms in total. The number of rotatable bonds is 6. The van der Waals surface area contributed by atoms with E-state index in [1.165, 1.54) is 0 Å². The van der Waals surface area contributed by atoms with Crippen LogP contribution in [0.25, 0.3) is 6.08 Å². The van der Waals surface area contributed by atoms with Gasteiger partial charge in [-0.15, -0.1) is 0 Å². The molecule has 0 radical (unpaired) electrons. The smallest absolute Gasteiger partial charge is 0.231 e. The molecular formula is C24H19ClO5. The quantitative estimate of drug-likeness (QED) is 0.487. The Morgan fingerprint density at radius 3 is 2.43 bits per heavy atom. The van der Waals surface area contributed by atoms with Crippen LogP contribution in [0.15, 0.2) is 66.4 Å². The van der Waals surface area contributed by atoms with Gasteiger partial charge >= 0.3 is 0 Å². The Balaban J connectivity index is 1.51. The summed E-state index contributed by atoms with van der Waals surface area (Å²) in [5.74, 6) is 2.34. The van der Waals surface area contributed by atoms with E-state index in [9.17, 15) is 4.79 Å². The van der Waals surface area contributed by atoms with Crippen molar-refractivity contribution in [3.05, 3.63) is 88.1 Å². The number of hydrogen-bond acceptors (Lipinski definition) is 5. The average Bonchev–Trinajstić information content (AvgIpc) is 3.07. The number of Topliss-reactive ketones (excluding diaryl/α,β-unsaturated/α-hetero) is 1. The molecule has 0 aliphatic carbocycles. The van der Waals surface area contributed by atoms with Crippen molar-refractivity contribution in [1.29, 1.82) is 0 Å². The number of methoxy groups -OCH3 is 2. The minimum atomic E-state index is -0.177. The van der Waals surface area contributed by atoms with E-state index in [0.29, 0.717) is 40.2 Å². The minimum Gasteiger partial charge on any atom is -0.493 e. The summed E-state index contributed by atoms with van der Waals surface area (Å²) >= 11 is 5.90. The van der Waals surface area contributed by atoms with E-state index in [0.717, 1.165) is 11.1 Å². The van der Waals surface area contributed by atoms with E-state index in [4.69, 9.17) is 30.5 Å². The van der Waals surface area contributed by atoms with Crippen molar-refractivity contribution in [1.82, 2.24) is 0 Å². The Kier molecular flexibility index (Phi) is 5.63. The lowest BCUT2D eigenvalue weighted by molar-refractivity contribution is 0.101. The van der Waals surface area contributed by atoms with Crippen molar-refractivity contribution in [2.24, 2.45) is 0 Å². The summed E-state index contributed by atoms with van der Waals surface area (Å²) < 4.78 is 22.2. The van der Waals surface area contributed by atoms with Crippen LogP contribution < -0.4 is 18.9 Å². The fourth-order valence-electron chi connectivity index (χ4n) is 3.10.